The highest BCUT2D eigenvalue weighted by Gasteiger charge is 2.48. The summed E-state index contributed by atoms with van der Waals surface area (Å²) in [5.41, 5.74) is -0.773. The van der Waals surface area contributed by atoms with E-state index in [1.807, 2.05) is 6.07 Å². The van der Waals surface area contributed by atoms with Gasteiger partial charge in [-0.25, -0.2) is 22.8 Å². The Kier molecular flexibility index (Phi) is 8.35. The van der Waals surface area contributed by atoms with Crippen LogP contribution in [0, 0.1) is 17.5 Å². The lowest BCUT2D eigenvalue weighted by Gasteiger charge is -2.43. The molecule has 1 aliphatic heterocycles. The summed E-state index contributed by atoms with van der Waals surface area (Å²) in [6, 6.07) is 2.48. The molecule has 0 radical (unpaired) electrons. The topological polar surface area (TPSA) is 120 Å². The molecular formula is C24H22BrF3N6O4S. The number of aromatic nitrogens is 6. The average molecular weight is 627 g/mol. The third kappa shape index (κ3) is 5.88. The van der Waals surface area contributed by atoms with Crippen molar-refractivity contribution in [1.82, 2.24) is 29.5 Å². The highest BCUT2D eigenvalue weighted by molar-refractivity contribution is 9.10. The van der Waals surface area contributed by atoms with Gasteiger partial charge >= 0.3 is 0 Å². The number of ether oxygens (including phenoxy) is 2. The zero-order valence-corrected chi connectivity index (χ0v) is 22.6. The fraction of sp³-hybridized carbons (Fsp3) is 0.333. The van der Waals surface area contributed by atoms with E-state index in [0.29, 0.717) is 5.82 Å². The first-order chi connectivity index (χ1) is 18.7. The first kappa shape index (κ1) is 27.7. The second kappa shape index (κ2) is 11.7. The van der Waals surface area contributed by atoms with Gasteiger partial charge in [-0.05, 0) is 34.1 Å². The number of imidazole rings is 1. The monoisotopic (exact) mass is 626 g/mol. The summed E-state index contributed by atoms with van der Waals surface area (Å²) in [5, 5.41) is 29.3. The number of aliphatic hydroxyl groups excluding tert-OH is 2. The zero-order valence-electron chi connectivity index (χ0n) is 20.2. The summed E-state index contributed by atoms with van der Waals surface area (Å²) in [7, 11) is 1.81. The lowest BCUT2D eigenvalue weighted by atomic mass is 9.97. The minimum atomic E-state index is -1.60. The number of halogens is 4. The van der Waals surface area contributed by atoms with Crippen molar-refractivity contribution in [3.63, 3.8) is 0 Å². The summed E-state index contributed by atoms with van der Waals surface area (Å²) >= 11 is 4.66. The van der Waals surface area contributed by atoms with Crippen molar-refractivity contribution in [2.45, 2.75) is 41.3 Å². The Hall–Kier alpha value is -2.82. The molecule has 4 aromatic rings. The Bertz CT molecular complexity index is 1440. The normalized spacial score (nSPS) is 23.3. The quantitative estimate of drug-likeness (QED) is 0.284. The van der Waals surface area contributed by atoms with Crippen molar-refractivity contribution in [2.24, 2.45) is 7.05 Å². The fourth-order valence-electron chi connectivity index (χ4n) is 4.19. The molecule has 0 amide bonds. The molecule has 0 aliphatic carbocycles. The van der Waals surface area contributed by atoms with Crippen molar-refractivity contribution in [3.05, 3.63) is 76.9 Å². The molecule has 5 atom stereocenters. The van der Waals surface area contributed by atoms with Crippen molar-refractivity contribution < 1.29 is 32.9 Å². The first-order valence-corrected chi connectivity index (χ1v) is 13.3. The third-order valence-electron chi connectivity index (χ3n) is 6.18. The smallest absolute Gasteiger partial charge is 0.194 e. The van der Waals surface area contributed by atoms with Crippen LogP contribution in [0.1, 0.15) is 11.9 Å². The standard InChI is InChI=1S/C24H22BrF3N6O4S/c1-33-3-2-30-19(33)11-37-23-21(34-9-17(31-32-34)12-4-15(26)20(28)16(27)5-12)22(36)18(10-35)38-24(23)39-14-6-13(25)7-29-8-14/h2-9,18,21-24,35-36H,10-11H2,1H3/t18?,21?,22-,23-,24+/m0/s1. The van der Waals surface area contributed by atoms with Gasteiger partial charge in [0.2, 0.25) is 0 Å². The van der Waals surface area contributed by atoms with Gasteiger partial charge in [-0.15, -0.1) is 5.10 Å². The molecular weight excluding hydrogens is 605 g/mol. The minimum Gasteiger partial charge on any atom is -0.394 e. The largest absolute Gasteiger partial charge is 0.394 e. The molecule has 4 heterocycles. The van der Waals surface area contributed by atoms with E-state index in [2.05, 4.69) is 36.2 Å². The maximum atomic E-state index is 13.9. The number of benzene rings is 1. The van der Waals surface area contributed by atoms with Crippen molar-refractivity contribution in [3.8, 4) is 11.3 Å². The van der Waals surface area contributed by atoms with Crippen LogP contribution >= 0.6 is 27.7 Å². The Morgan fingerprint density at radius 3 is 2.62 bits per heavy atom. The van der Waals surface area contributed by atoms with E-state index >= 15 is 0 Å². The van der Waals surface area contributed by atoms with Gasteiger partial charge in [0.1, 0.15) is 47.9 Å². The van der Waals surface area contributed by atoms with Crippen LogP contribution in [0.15, 0.2) is 58.6 Å². The molecule has 0 spiro atoms. The number of rotatable bonds is 8. The van der Waals surface area contributed by atoms with Gasteiger partial charge in [-0.2, -0.15) is 0 Å². The summed E-state index contributed by atoms with van der Waals surface area (Å²) in [6.45, 7) is -0.457. The van der Waals surface area contributed by atoms with Crippen LogP contribution < -0.4 is 0 Å². The van der Waals surface area contributed by atoms with Crippen LogP contribution in [-0.2, 0) is 23.1 Å². The van der Waals surface area contributed by atoms with Gasteiger partial charge in [-0.1, -0.05) is 17.0 Å². The minimum absolute atomic E-state index is 0.0373. The lowest BCUT2D eigenvalue weighted by Crippen LogP contribution is -2.55. The van der Waals surface area contributed by atoms with Gasteiger partial charge in [-0.3, -0.25) is 4.98 Å². The molecule has 1 aromatic carbocycles. The highest BCUT2D eigenvalue weighted by Crippen LogP contribution is 2.40. The van der Waals surface area contributed by atoms with Gasteiger partial charge in [0.25, 0.3) is 0 Å². The van der Waals surface area contributed by atoms with Crippen LogP contribution in [0.3, 0.4) is 0 Å². The van der Waals surface area contributed by atoms with Gasteiger partial charge < -0.3 is 24.3 Å². The predicted octanol–water partition coefficient (Wildman–Crippen LogP) is 3.25. The van der Waals surface area contributed by atoms with E-state index in [0.717, 1.165) is 21.5 Å². The highest BCUT2D eigenvalue weighted by atomic mass is 79.9. The van der Waals surface area contributed by atoms with E-state index in [-0.39, 0.29) is 17.9 Å². The van der Waals surface area contributed by atoms with Crippen molar-refractivity contribution in [2.75, 3.05) is 6.61 Å². The first-order valence-electron chi connectivity index (χ1n) is 11.6. The van der Waals surface area contributed by atoms with Crippen molar-refractivity contribution >= 4 is 27.7 Å². The number of aliphatic hydroxyl groups is 2. The molecule has 5 rings (SSSR count). The number of hydrogen-bond donors (Lipinski definition) is 2. The Balaban J connectivity index is 1.52. The van der Waals surface area contributed by atoms with Crippen LogP contribution in [0.5, 0.6) is 0 Å². The van der Waals surface area contributed by atoms with E-state index in [9.17, 15) is 23.4 Å². The summed E-state index contributed by atoms with van der Waals surface area (Å²) in [4.78, 5) is 9.17. The van der Waals surface area contributed by atoms with E-state index in [1.54, 1.807) is 36.4 Å². The predicted molar refractivity (Wildman–Crippen MR) is 136 cm³/mol. The molecule has 0 bridgehead atoms. The second-order valence-electron chi connectivity index (χ2n) is 8.73. The van der Waals surface area contributed by atoms with E-state index in [1.165, 1.54) is 22.6 Å². The Labute approximate surface area is 232 Å². The summed E-state index contributed by atoms with van der Waals surface area (Å²) < 4.78 is 57.4. The number of pyridine rings is 1. The Morgan fingerprint density at radius 2 is 1.95 bits per heavy atom. The molecule has 1 aliphatic rings. The number of nitrogens with zero attached hydrogens (tertiary/aromatic N) is 6. The van der Waals surface area contributed by atoms with Gasteiger partial charge in [0, 0.05) is 46.8 Å². The molecule has 1 saturated heterocycles. The van der Waals surface area contributed by atoms with E-state index < -0.39 is 53.8 Å². The third-order valence-corrected chi connectivity index (χ3v) is 7.72. The number of hydrogen-bond acceptors (Lipinski definition) is 9. The van der Waals surface area contributed by atoms with Crippen LogP contribution in [0.25, 0.3) is 11.3 Å². The van der Waals surface area contributed by atoms with Crippen LogP contribution in [0.2, 0.25) is 0 Å². The van der Waals surface area contributed by atoms with Crippen molar-refractivity contribution in [1.29, 1.82) is 0 Å². The average Bonchev–Trinajstić information content (AvgIpc) is 3.56. The molecule has 0 saturated carbocycles. The second-order valence-corrected chi connectivity index (χ2v) is 10.8. The van der Waals surface area contributed by atoms with Crippen LogP contribution in [-0.4, -0.2) is 70.1 Å². The molecule has 39 heavy (non-hydrogen) atoms. The van der Waals surface area contributed by atoms with E-state index in [4.69, 9.17) is 9.47 Å². The number of aryl methyl sites for hydroxylation is 1. The molecule has 10 nitrogen and oxygen atoms in total. The Morgan fingerprint density at radius 1 is 1.18 bits per heavy atom. The molecule has 15 heteroatoms. The molecule has 3 aromatic heterocycles. The zero-order chi connectivity index (χ0) is 27.7. The maximum Gasteiger partial charge on any atom is 0.194 e. The van der Waals surface area contributed by atoms with Gasteiger partial charge in [0.15, 0.2) is 17.5 Å². The number of thioether (sulfide) groups is 1. The fourth-order valence-corrected chi connectivity index (χ4v) is 5.86. The molecule has 2 N–H and O–H groups in total. The van der Waals surface area contributed by atoms with Gasteiger partial charge in [0.05, 0.1) is 12.8 Å². The molecule has 1 fully saturated rings. The SMILES string of the molecule is Cn1ccnc1CO[C@H]1C(n2cc(-c3cc(F)c(F)c(F)c3)nn2)[C@@H](O)C(CO)O[C@@H]1Sc1cncc(Br)c1. The maximum absolute atomic E-state index is 13.9. The molecule has 206 valence electrons. The molecule has 2 unspecified atom stereocenters. The summed E-state index contributed by atoms with van der Waals surface area (Å²) in [5.74, 6) is -3.74. The lowest BCUT2D eigenvalue weighted by molar-refractivity contribution is -0.196. The summed E-state index contributed by atoms with van der Waals surface area (Å²) in [6.07, 6.45) is 4.79. The van der Waals surface area contributed by atoms with Crippen LogP contribution in [0.4, 0.5) is 13.2 Å².